The van der Waals surface area contributed by atoms with Crippen LogP contribution in [0.5, 0.6) is 0 Å². The number of hydrogen-bond acceptors (Lipinski definition) is 2. The van der Waals surface area contributed by atoms with Gasteiger partial charge >= 0.3 is 0 Å². The molecule has 1 aromatic heterocycles. The predicted molar refractivity (Wildman–Crippen MR) is 55.0 cm³/mol. The number of aromatic nitrogens is 3. The molecule has 0 radical (unpaired) electrons. The van der Waals surface area contributed by atoms with Crippen molar-refractivity contribution in [1.29, 1.82) is 0 Å². The maximum absolute atomic E-state index is 4.50. The van der Waals surface area contributed by atoms with Crippen molar-refractivity contribution in [1.82, 2.24) is 15.0 Å². The summed E-state index contributed by atoms with van der Waals surface area (Å²) in [7, 11) is 0. The number of rotatable bonds is 1. The van der Waals surface area contributed by atoms with Gasteiger partial charge in [0.1, 0.15) is 11.0 Å². The fourth-order valence-electron chi connectivity index (χ4n) is 2.17. The largest absolute Gasteiger partial charge is 0.181 e. The molecule has 14 heavy (non-hydrogen) atoms. The van der Waals surface area contributed by atoms with Crippen molar-refractivity contribution < 1.29 is 0 Å². The lowest BCUT2D eigenvalue weighted by Crippen LogP contribution is -2.07. The van der Waals surface area contributed by atoms with E-state index in [1.807, 2.05) is 29.1 Å². The molecule has 2 aromatic rings. The van der Waals surface area contributed by atoms with E-state index in [0.29, 0.717) is 6.04 Å². The molecule has 1 heterocycles. The highest BCUT2D eigenvalue weighted by molar-refractivity contribution is 5.72. The Balaban J connectivity index is 2.05. The second kappa shape index (κ2) is 3.08. The van der Waals surface area contributed by atoms with Gasteiger partial charge in [-0.05, 0) is 25.0 Å². The molecule has 3 nitrogen and oxygen atoms in total. The zero-order valence-electron chi connectivity index (χ0n) is 8.06. The zero-order valence-corrected chi connectivity index (χ0v) is 8.06. The molecule has 0 saturated heterocycles. The van der Waals surface area contributed by atoms with E-state index in [-0.39, 0.29) is 0 Å². The molecule has 0 bridgehead atoms. The Hall–Kier alpha value is -1.38. The molecule has 1 aliphatic carbocycles. The lowest BCUT2D eigenvalue weighted by Gasteiger charge is -2.05. The molecular formula is C11H13N3. The van der Waals surface area contributed by atoms with E-state index in [0.717, 1.165) is 11.0 Å². The summed E-state index contributed by atoms with van der Waals surface area (Å²) in [4.78, 5) is 1.91. The topological polar surface area (TPSA) is 30.7 Å². The Labute approximate surface area is 82.7 Å². The number of benzene rings is 1. The van der Waals surface area contributed by atoms with E-state index in [2.05, 4.69) is 10.2 Å². The molecule has 3 rings (SSSR count). The van der Waals surface area contributed by atoms with Gasteiger partial charge in [-0.15, -0.1) is 0 Å². The van der Waals surface area contributed by atoms with Gasteiger partial charge in [0.05, 0.1) is 6.04 Å². The smallest absolute Gasteiger partial charge is 0.113 e. The molecule has 0 spiro atoms. The molecular weight excluding hydrogens is 174 g/mol. The minimum Gasteiger partial charge on any atom is -0.181 e. The zero-order chi connectivity index (χ0) is 9.38. The standard InChI is InChI=1S/C11H13N3/c1-2-6-9(5-1)14-12-10-7-3-4-8-11(10)13-14/h3-4,7-9H,1-2,5-6H2. The number of hydrogen-bond donors (Lipinski definition) is 0. The SMILES string of the molecule is c1ccc2nn(C3CCCC3)nc2c1. The third-order valence-corrected chi connectivity index (χ3v) is 2.95. The summed E-state index contributed by atoms with van der Waals surface area (Å²) in [5, 5.41) is 9.00. The Bertz CT molecular complexity index is 407. The maximum Gasteiger partial charge on any atom is 0.113 e. The maximum atomic E-state index is 4.50. The fraction of sp³-hybridized carbons (Fsp3) is 0.455. The first-order chi connectivity index (χ1) is 6.93. The quantitative estimate of drug-likeness (QED) is 0.686. The van der Waals surface area contributed by atoms with E-state index < -0.39 is 0 Å². The molecule has 1 aliphatic rings. The third kappa shape index (κ3) is 1.20. The van der Waals surface area contributed by atoms with Crippen LogP contribution in [0.25, 0.3) is 11.0 Å². The molecule has 1 aromatic carbocycles. The number of nitrogens with zero attached hydrogens (tertiary/aromatic N) is 3. The van der Waals surface area contributed by atoms with Crippen molar-refractivity contribution >= 4 is 11.0 Å². The monoisotopic (exact) mass is 187 g/mol. The average Bonchev–Trinajstić information content (AvgIpc) is 2.86. The lowest BCUT2D eigenvalue weighted by atomic mass is 10.3. The molecule has 72 valence electrons. The molecule has 0 amide bonds. The third-order valence-electron chi connectivity index (χ3n) is 2.95. The van der Waals surface area contributed by atoms with Gasteiger partial charge in [0, 0.05) is 0 Å². The Morgan fingerprint density at radius 3 is 2.14 bits per heavy atom. The Morgan fingerprint density at radius 1 is 1.00 bits per heavy atom. The van der Waals surface area contributed by atoms with Crippen LogP contribution in [0.3, 0.4) is 0 Å². The van der Waals surface area contributed by atoms with Crippen LogP contribution < -0.4 is 0 Å². The first-order valence-corrected chi connectivity index (χ1v) is 5.25. The van der Waals surface area contributed by atoms with Crippen LogP contribution >= 0.6 is 0 Å². The van der Waals surface area contributed by atoms with E-state index in [9.17, 15) is 0 Å². The van der Waals surface area contributed by atoms with E-state index >= 15 is 0 Å². The highest BCUT2D eigenvalue weighted by Crippen LogP contribution is 2.28. The van der Waals surface area contributed by atoms with Gasteiger partial charge in [-0.3, -0.25) is 0 Å². The van der Waals surface area contributed by atoms with Gasteiger partial charge in [0.2, 0.25) is 0 Å². The van der Waals surface area contributed by atoms with Crippen LogP contribution in [-0.2, 0) is 0 Å². The molecule has 3 heteroatoms. The molecule has 0 unspecified atom stereocenters. The normalized spacial score (nSPS) is 18.0. The Kier molecular flexibility index (Phi) is 1.76. The van der Waals surface area contributed by atoms with Gasteiger partial charge < -0.3 is 0 Å². The van der Waals surface area contributed by atoms with Gasteiger partial charge in [0.15, 0.2) is 0 Å². The van der Waals surface area contributed by atoms with Crippen molar-refractivity contribution in [2.45, 2.75) is 31.7 Å². The van der Waals surface area contributed by atoms with Crippen LogP contribution in [0.1, 0.15) is 31.7 Å². The fourth-order valence-corrected chi connectivity index (χ4v) is 2.17. The molecule has 0 aliphatic heterocycles. The molecule has 0 N–H and O–H groups in total. The first-order valence-electron chi connectivity index (χ1n) is 5.25. The summed E-state index contributed by atoms with van der Waals surface area (Å²) in [5.74, 6) is 0. The minimum atomic E-state index is 0.544. The highest BCUT2D eigenvalue weighted by atomic mass is 15.5. The summed E-state index contributed by atoms with van der Waals surface area (Å²) < 4.78 is 0. The summed E-state index contributed by atoms with van der Waals surface area (Å²) in [5.41, 5.74) is 2.03. The van der Waals surface area contributed by atoms with Crippen molar-refractivity contribution in [3.05, 3.63) is 24.3 Å². The van der Waals surface area contributed by atoms with Crippen LogP contribution in [0.4, 0.5) is 0 Å². The lowest BCUT2D eigenvalue weighted by molar-refractivity contribution is 0.418. The van der Waals surface area contributed by atoms with E-state index in [4.69, 9.17) is 0 Å². The van der Waals surface area contributed by atoms with Crippen molar-refractivity contribution in [3.63, 3.8) is 0 Å². The van der Waals surface area contributed by atoms with Crippen molar-refractivity contribution in [3.8, 4) is 0 Å². The average molecular weight is 187 g/mol. The minimum absolute atomic E-state index is 0.544. The van der Waals surface area contributed by atoms with Crippen LogP contribution in [-0.4, -0.2) is 15.0 Å². The van der Waals surface area contributed by atoms with Gasteiger partial charge in [-0.25, -0.2) is 0 Å². The Morgan fingerprint density at radius 2 is 1.57 bits per heavy atom. The van der Waals surface area contributed by atoms with Gasteiger partial charge in [-0.1, -0.05) is 25.0 Å². The van der Waals surface area contributed by atoms with Crippen LogP contribution in [0, 0.1) is 0 Å². The van der Waals surface area contributed by atoms with Crippen molar-refractivity contribution in [2.24, 2.45) is 0 Å². The predicted octanol–water partition coefficient (Wildman–Crippen LogP) is 2.55. The molecule has 1 fully saturated rings. The highest BCUT2D eigenvalue weighted by Gasteiger charge is 2.18. The molecule has 1 saturated carbocycles. The second-order valence-electron chi connectivity index (χ2n) is 3.95. The van der Waals surface area contributed by atoms with Gasteiger partial charge in [0.25, 0.3) is 0 Å². The van der Waals surface area contributed by atoms with Crippen molar-refractivity contribution in [2.75, 3.05) is 0 Å². The van der Waals surface area contributed by atoms with E-state index in [1.54, 1.807) is 0 Å². The second-order valence-corrected chi connectivity index (χ2v) is 3.95. The van der Waals surface area contributed by atoms with Crippen LogP contribution in [0.15, 0.2) is 24.3 Å². The first kappa shape index (κ1) is 7.97. The summed E-state index contributed by atoms with van der Waals surface area (Å²) in [6.45, 7) is 0. The van der Waals surface area contributed by atoms with Gasteiger partial charge in [-0.2, -0.15) is 15.0 Å². The summed E-state index contributed by atoms with van der Waals surface area (Å²) in [6, 6.07) is 8.61. The summed E-state index contributed by atoms with van der Waals surface area (Å²) in [6.07, 6.45) is 5.12. The van der Waals surface area contributed by atoms with Crippen LogP contribution in [0.2, 0.25) is 0 Å². The number of fused-ring (bicyclic) bond motifs is 1. The summed E-state index contributed by atoms with van der Waals surface area (Å²) >= 11 is 0. The molecule has 0 atom stereocenters. The van der Waals surface area contributed by atoms with E-state index in [1.165, 1.54) is 25.7 Å².